The van der Waals surface area contributed by atoms with Crippen LogP contribution in [-0.2, 0) is 11.3 Å². The van der Waals surface area contributed by atoms with Gasteiger partial charge < -0.3 is 10.1 Å². The molecule has 16 heavy (non-hydrogen) atoms. The Bertz CT molecular complexity index is 293. The van der Waals surface area contributed by atoms with E-state index in [-0.39, 0.29) is 12.4 Å². The summed E-state index contributed by atoms with van der Waals surface area (Å²) < 4.78 is 5.70. The maximum Gasteiger partial charge on any atom is 0.0717 e. The molecule has 1 atom stereocenters. The first-order chi connectivity index (χ1) is 7.34. The summed E-state index contributed by atoms with van der Waals surface area (Å²) in [7, 11) is 0. The molecular weight excluding hydrogens is 222 g/mol. The van der Waals surface area contributed by atoms with E-state index in [1.807, 2.05) is 0 Å². The maximum absolute atomic E-state index is 5.70. The molecule has 1 saturated heterocycles. The molecule has 1 aromatic carbocycles. The third-order valence-electron chi connectivity index (χ3n) is 2.91. The minimum absolute atomic E-state index is 0. The topological polar surface area (TPSA) is 21.3 Å². The number of nitrogens with one attached hydrogen (secondary N) is 1. The summed E-state index contributed by atoms with van der Waals surface area (Å²) in [6, 6.07) is 8.55. The lowest BCUT2D eigenvalue weighted by molar-refractivity contribution is 0.0925. The number of aryl methyl sites for hydroxylation is 1. The van der Waals surface area contributed by atoms with E-state index < -0.39 is 0 Å². The first kappa shape index (κ1) is 13.5. The Balaban J connectivity index is 0.00000128. The Kier molecular flexibility index (Phi) is 5.81. The fourth-order valence-corrected chi connectivity index (χ4v) is 1.88. The van der Waals surface area contributed by atoms with Crippen molar-refractivity contribution in [2.24, 2.45) is 5.92 Å². The molecule has 0 aliphatic carbocycles. The first-order valence-corrected chi connectivity index (χ1v) is 5.68. The number of ether oxygens (including phenoxy) is 1. The van der Waals surface area contributed by atoms with Crippen LogP contribution >= 0.6 is 12.4 Å². The van der Waals surface area contributed by atoms with Gasteiger partial charge in [-0.05, 0) is 31.4 Å². The van der Waals surface area contributed by atoms with Crippen molar-refractivity contribution in [2.75, 3.05) is 19.7 Å². The molecule has 1 aliphatic rings. The van der Waals surface area contributed by atoms with Crippen LogP contribution in [0.3, 0.4) is 0 Å². The van der Waals surface area contributed by atoms with E-state index in [2.05, 4.69) is 36.5 Å². The zero-order chi connectivity index (χ0) is 10.5. The van der Waals surface area contributed by atoms with Crippen LogP contribution in [0.4, 0.5) is 0 Å². The maximum atomic E-state index is 5.70. The van der Waals surface area contributed by atoms with Crippen molar-refractivity contribution >= 4 is 12.4 Å². The van der Waals surface area contributed by atoms with Crippen molar-refractivity contribution in [1.29, 1.82) is 0 Å². The van der Waals surface area contributed by atoms with Gasteiger partial charge in [-0.15, -0.1) is 12.4 Å². The predicted molar refractivity (Wildman–Crippen MR) is 69.1 cm³/mol. The summed E-state index contributed by atoms with van der Waals surface area (Å²) >= 11 is 0. The zero-order valence-corrected chi connectivity index (χ0v) is 10.6. The summed E-state index contributed by atoms with van der Waals surface area (Å²) in [5.41, 5.74) is 2.57. The largest absolute Gasteiger partial charge is 0.376 e. The molecule has 3 heteroatoms. The van der Waals surface area contributed by atoms with Crippen LogP contribution in [0.25, 0.3) is 0 Å². The highest BCUT2D eigenvalue weighted by Gasteiger charge is 2.13. The highest BCUT2D eigenvalue weighted by molar-refractivity contribution is 5.85. The monoisotopic (exact) mass is 241 g/mol. The second-order valence-corrected chi connectivity index (χ2v) is 4.36. The average Bonchev–Trinajstić information content (AvgIpc) is 2.74. The average molecular weight is 242 g/mol. The Labute approximate surface area is 104 Å². The summed E-state index contributed by atoms with van der Waals surface area (Å²) in [4.78, 5) is 0. The lowest BCUT2D eigenvalue weighted by atomic mass is 10.1. The Morgan fingerprint density at radius 1 is 1.31 bits per heavy atom. The van der Waals surface area contributed by atoms with Crippen LogP contribution in [0.5, 0.6) is 0 Å². The van der Waals surface area contributed by atoms with Gasteiger partial charge in [0.05, 0.1) is 13.2 Å². The second-order valence-electron chi connectivity index (χ2n) is 4.36. The van der Waals surface area contributed by atoms with Crippen molar-refractivity contribution in [2.45, 2.75) is 20.0 Å². The second kappa shape index (κ2) is 6.89. The van der Waals surface area contributed by atoms with Crippen LogP contribution in [0.15, 0.2) is 24.3 Å². The molecule has 1 N–H and O–H groups in total. The minimum Gasteiger partial charge on any atom is -0.376 e. The van der Waals surface area contributed by atoms with E-state index in [4.69, 9.17) is 4.74 Å². The summed E-state index contributed by atoms with van der Waals surface area (Å²) in [5, 5.41) is 3.35. The summed E-state index contributed by atoms with van der Waals surface area (Å²) in [6.45, 7) is 6.01. The highest BCUT2D eigenvalue weighted by Crippen LogP contribution is 2.10. The molecule has 0 saturated carbocycles. The third-order valence-corrected chi connectivity index (χ3v) is 2.91. The van der Waals surface area contributed by atoms with Gasteiger partial charge in [-0.1, -0.05) is 29.8 Å². The molecular formula is C13H20ClNO. The van der Waals surface area contributed by atoms with E-state index in [9.17, 15) is 0 Å². The third kappa shape index (κ3) is 4.12. The van der Waals surface area contributed by atoms with Crippen LogP contribution in [0, 0.1) is 12.8 Å². The molecule has 1 aliphatic heterocycles. The normalized spacial score (nSPS) is 19.4. The lowest BCUT2D eigenvalue weighted by Crippen LogP contribution is -2.13. The van der Waals surface area contributed by atoms with E-state index in [1.54, 1.807) is 0 Å². The quantitative estimate of drug-likeness (QED) is 0.875. The van der Waals surface area contributed by atoms with Gasteiger partial charge in [-0.3, -0.25) is 0 Å². The summed E-state index contributed by atoms with van der Waals surface area (Å²) in [6.07, 6.45) is 1.26. The number of hydrogen-bond donors (Lipinski definition) is 1. The van der Waals surface area contributed by atoms with Gasteiger partial charge in [-0.25, -0.2) is 0 Å². The van der Waals surface area contributed by atoms with Crippen LogP contribution < -0.4 is 5.32 Å². The minimum atomic E-state index is 0. The molecule has 90 valence electrons. The standard InChI is InChI=1S/C13H19NO.ClH/c1-11-2-4-12(5-3-11)9-15-10-13-6-7-14-8-13;/h2-5,13-14H,6-10H2,1H3;1H. The van der Waals surface area contributed by atoms with Crippen molar-refractivity contribution in [3.05, 3.63) is 35.4 Å². The van der Waals surface area contributed by atoms with Crippen LogP contribution in [-0.4, -0.2) is 19.7 Å². The van der Waals surface area contributed by atoms with Crippen molar-refractivity contribution in [1.82, 2.24) is 5.32 Å². The molecule has 0 spiro atoms. The number of rotatable bonds is 4. The van der Waals surface area contributed by atoms with Crippen molar-refractivity contribution in [3.63, 3.8) is 0 Å². The van der Waals surface area contributed by atoms with Crippen LogP contribution in [0.1, 0.15) is 17.5 Å². The Morgan fingerprint density at radius 2 is 2.06 bits per heavy atom. The van der Waals surface area contributed by atoms with Gasteiger partial charge >= 0.3 is 0 Å². The number of hydrogen-bond acceptors (Lipinski definition) is 2. The predicted octanol–water partition coefficient (Wildman–Crippen LogP) is 2.54. The molecule has 0 aromatic heterocycles. The van der Waals surface area contributed by atoms with Gasteiger partial charge in [0.1, 0.15) is 0 Å². The van der Waals surface area contributed by atoms with Crippen molar-refractivity contribution < 1.29 is 4.74 Å². The molecule has 0 amide bonds. The lowest BCUT2D eigenvalue weighted by Gasteiger charge is -2.09. The van der Waals surface area contributed by atoms with E-state index >= 15 is 0 Å². The fraction of sp³-hybridized carbons (Fsp3) is 0.538. The molecule has 2 rings (SSSR count). The molecule has 1 unspecified atom stereocenters. The molecule has 0 bridgehead atoms. The molecule has 0 radical (unpaired) electrons. The van der Waals surface area contributed by atoms with Gasteiger partial charge in [0.15, 0.2) is 0 Å². The van der Waals surface area contributed by atoms with Gasteiger partial charge in [-0.2, -0.15) is 0 Å². The first-order valence-electron chi connectivity index (χ1n) is 5.68. The number of halogens is 1. The van der Waals surface area contributed by atoms with E-state index in [1.165, 1.54) is 17.5 Å². The fourth-order valence-electron chi connectivity index (χ4n) is 1.88. The molecule has 2 nitrogen and oxygen atoms in total. The van der Waals surface area contributed by atoms with Gasteiger partial charge in [0.25, 0.3) is 0 Å². The molecule has 1 aromatic rings. The SMILES string of the molecule is Cc1ccc(COCC2CCNC2)cc1.Cl. The Hall–Kier alpha value is -0.570. The van der Waals surface area contributed by atoms with E-state index in [0.717, 1.165) is 32.2 Å². The zero-order valence-electron chi connectivity index (χ0n) is 9.74. The Morgan fingerprint density at radius 3 is 2.69 bits per heavy atom. The smallest absolute Gasteiger partial charge is 0.0717 e. The molecule has 1 fully saturated rings. The van der Waals surface area contributed by atoms with Gasteiger partial charge in [0, 0.05) is 6.54 Å². The molecule has 1 heterocycles. The number of benzene rings is 1. The van der Waals surface area contributed by atoms with Gasteiger partial charge in [0.2, 0.25) is 0 Å². The van der Waals surface area contributed by atoms with Crippen molar-refractivity contribution in [3.8, 4) is 0 Å². The highest BCUT2D eigenvalue weighted by atomic mass is 35.5. The summed E-state index contributed by atoms with van der Waals surface area (Å²) in [5.74, 6) is 0.718. The van der Waals surface area contributed by atoms with E-state index in [0.29, 0.717) is 0 Å². The van der Waals surface area contributed by atoms with Crippen LogP contribution in [0.2, 0.25) is 0 Å².